The fourth-order valence-corrected chi connectivity index (χ4v) is 2.20. The average molecular weight is 321 g/mol. The Morgan fingerprint density at radius 1 is 1.41 bits per heavy atom. The van der Waals surface area contributed by atoms with Crippen molar-refractivity contribution >= 4 is 32.1 Å². The second kappa shape index (κ2) is 6.16. The predicted molar refractivity (Wildman–Crippen MR) is 69.4 cm³/mol. The van der Waals surface area contributed by atoms with Gasteiger partial charge in [0.1, 0.15) is 15.6 Å². The summed E-state index contributed by atoms with van der Waals surface area (Å²) in [7, 11) is -2.94. The lowest BCUT2D eigenvalue weighted by atomic mass is 10.2. The van der Waals surface area contributed by atoms with E-state index in [-0.39, 0.29) is 5.75 Å². The SMILES string of the molecule is CS(=O)(=O)CCCOc1ccc(Br)c(C=O)c1. The highest BCUT2D eigenvalue weighted by molar-refractivity contribution is 9.10. The van der Waals surface area contributed by atoms with E-state index in [1.807, 2.05) is 0 Å². The summed E-state index contributed by atoms with van der Waals surface area (Å²) in [6, 6.07) is 5.05. The van der Waals surface area contributed by atoms with Crippen LogP contribution in [0.2, 0.25) is 0 Å². The zero-order valence-electron chi connectivity index (χ0n) is 9.35. The van der Waals surface area contributed by atoms with E-state index in [4.69, 9.17) is 4.74 Å². The van der Waals surface area contributed by atoms with Crippen molar-refractivity contribution in [3.8, 4) is 5.75 Å². The lowest BCUT2D eigenvalue weighted by Gasteiger charge is -2.06. The molecule has 0 heterocycles. The fraction of sp³-hybridized carbons (Fsp3) is 0.364. The Labute approximate surface area is 109 Å². The average Bonchev–Trinajstić information content (AvgIpc) is 2.25. The molecule has 0 spiro atoms. The van der Waals surface area contributed by atoms with Gasteiger partial charge in [-0.2, -0.15) is 0 Å². The Morgan fingerprint density at radius 2 is 2.12 bits per heavy atom. The summed E-state index contributed by atoms with van der Waals surface area (Å²) in [6.45, 7) is 0.312. The third kappa shape index (κ3) is 5.32. The largest absolute Gasteiger partial charge is 0.494 e. The van der Waals surface area contributed by atoms with Crippen molar-refractivity contribution in [1.82, 2.24) is 0 Å². The standard InChI is InChI=1S/C11H13BrO4S/c1-17(14,15)6-2-5-16-10-3-4-11(12)9(7-10)8-13/h3-4,7-8H,2,5-6H2,1H3. The van der Waals surface area contributed by atoms with E-state index in [2.05, 4.69) is 15.9 Å². The summed E-state index contributed by atoms with van der Waals surface area (Å²) in [5, 5.41) is 0. The molecule has 1 aromatic rings. The number of aldehydes is 1. The summed E-state index contributed by atoms with van der Waals surface area (Å²) in [6.07, 6.45) is 2.36. The van der Waals surface area contributed by atoms with E-state index in [1.54, 1.807) is 18.2 Å². The number of carbonyl (C=O) groups is 1. The molecule has 0 amide bonds. The van der Waals surface area contributed by atoms with Crippen LogP contribution in [0.3, 0.4) is 0 Å². The van der Waals surface area contributed by atoms with Crippen molar-refractivity contribution in [1.29, 1.82) is 0 Å². The zero-order valence-corrected chi connectivity index (χ0v) is 11.8. The molecule has 1 rings (SSSR count). The van der Waals surface area contributed by atoms with Gasteiger partial charge in [-0.1, -0.05) is 15.9 Å². The summed E-state index contributed by atoms with van der Waals surface area (Å²) < 4.78 is 27.8. The van der Waals surface area contributed by atoms with Crippen LogP contribution in [-0.2, 0) is 9.84 Å². The molecule has 6 heteroatoms. The molecule has 0 aliphatic heterocycles. The van der Waals surface area contributed by atoms with Crippen LogP contribution >= 0.6 is 15.9 Å². The molecule has 0 fully saturated rings. The molecule has 0 aromatic heterocycles. The van der Waals surface area contributed by atoms with Crippen molar-refractivity contribution in [3.63, 3.8) is 0 Å². The fourth-order valence-electron chi connectivity index (χ4n) is 1.21. The van der Waals surface area contributed by atoms with Crippen molar-refractivity contribution in [3.05, 3.63) is 28.2 Å². The van der Waals surface area contributed by atoms with Gasteiger partial charge in [0.2, 0.25) is 0 Å². The Kier molecular flexibility index (Phi) is 5.14. The van der Waals surface area contributed by atoms with Crippen LogP contribution in [0.5, 0.6) is 5.75 Å². The van der Waals surface area contributed by atoms with E-state index in [0.29, 0.717) is 28.8 Å². The van der Waals surface area contributed by atoms with Gasteiger partial charge < -0.3 is 4.74 Å². The molecule has 0 radical (unpaired) electrons. The van der Waals surface area contributed by atoms with E-state index in [9.17, 15) is 13.2 Å². The van der Waals surface area contributed by atoms with E-state index < -0.39 is 9.84 Å². The molecular weight excluding hydrogens is 308 g/mol. The maximum atomic E-state index is 10.9. The number of sulfone groups is 1. The second-order valence-corrected chi connectivity index (χ2v) is 6.75. The maximum absolute atomic E-state index is 10.9. The molecule has 0 aliphatic carbocycles. The number of hydrogen-bond acceptors (Lipinski definition) is 4. The van der Waals surface area contributed by atoms with Gasteiger partial charge in [-0.25, -0.2) is 8.42 Å². The molecule has 0 unspecified atom stereocenters. The van der Waals surface area contributed by atoms with Gasteiger partial charge in [0, 0.05) is 16.3 Å². The lowest BCUT2D eigenvalue weighted by molar-refractivity contribution is 0.112. The lowest BCUT2D eigenvalue weighted by Crippen LogP contribution is -2.08. The first-order chi connectivity index (χ1) is 7.92. The first kappa shape index (κ1) is 14.2. The highest BCUT2D eigenvalue weighted by atomic mass is 79.9. The van der Waals surface area contributed by atoms with Gasteiger partial charge in [0.05, 0.1) is 12.4 Å². The second-order valence-electron chi connectivity index (χ2n) is 3.63. The minimum absolute atomic E-state index is 0.101. The summed E-state index contributed by atoms with van der Waals surface area (Å²) in [4.78, 5) is 10.7. The van der Waals surface area contributed by atoms with Crippen LogP contribution in [0.15, 0.2) is 22.7 Å². The number of hydrogen-bond donors (Lipinski definition) is 0. The first-order valence-corrected chi connectivity index (χ1v) is 7.83. The molecule has 1 aromatic carbocycles. The molecule has 0 saturated heterocycles. The third-order valence-corrected chi connectivity index (χ3v) is 3.78. The van der Waals surface area contributed by atoms with Gasteiger partial charge in [-0.15, -0.1) is 0 Å². The van der Waals surface area contributed by atoms with Crippen LogP contribution in [0.25, 0.3) is 0 Å². The smallest absolute Gasteiger partial charge is 0.151 e. The number of benzene rings is 1. The van der Waals surface area contributed by atoms with Gasteiger partial charge in [-0.05, 0) is 24.6 Å². The normalized spacial score (nSPS) is 11.2. The quantitative estimate of drug-likeness (QED) is 0.594. The summed E-state index contributed by atoms with van der Waals surface area (Å²) >= 11 is 3.23. The predicted octanol–water partition coefficient (Wildman–Crippen LogP) is 2.08. The molecule has 0 atom stereocenters. The Morgan fingerprint density at radius 3 is 2.71 bits per heavy atom. The molecule has 17 heavy (non-hydrogen) atoms. The van der Waals surface area contributed by atoms with Crippen molar-refractivity contribution in [2.24, 2.45) is 0 Å². The Bertz CT molecular complexity index is 496. The Hall–Kier alpha value is -0.880. The van der Waals surface area contributed by atoms with Gasteiger partial charge in [-0.3, -0.25) is 4.79 Å². The molecule has 94 valence electrons. The number of carbonyl (C=O) groups excluding carboxylic acids is 1. The van der Waals surface area contributed by atoms with Gasteiger partial charge in [0.15, 0.2) is 6.29 Å². The molecule has 0 bridgehead atoms. The van der Waals surface area contributed by atoms with Crippen LogP contribution in [0.4, 0.5) is 0 Å². The molecule has 4 nitrogen and oxygen atoms in total. The number of ether oxygens (including phenoxy) is 1. The number of rotatable bonds is 6. The van der Waals surface area contributed by atoms with Crippen LogP contribution in [-0.4, -0.2) is 33.3 Å². The summed E-state index contributed by atoms with van der Waals surface area (Å²) in [5.41, 5.74) is 0.505. The van der Waals surface area contributed by atoms with Crippen LogP contribution in [0, 0.1) is 0 Å². The van der Waals surface area contributed by atoms with Gasteiger partial charge in [0.25, 0.3) is 0 Å². The topological polar surface area (TPSA) is 60.4 Å². The third-order valence-electron chi connectivity index (χ3n) is 2.02. The van der Waals surface area contributed by atoms with E-state index in [1.165, 1.54) is 6.26 Å². The minimum atomic E-state index is -2.94. The van der Waals surface area contributed by atoms with E-state index in [0.717, 1.165) is 6.29 Å². The first-order valence-electron chi connectivity index (χ1n) is 4.97. The monoisotopic (exact) mass is 320 g/mol. The molecule has 0 saturated carbocycles. The van der Waals surface area contributed by atoms with Crippen LogP contribution < -0.4 is 4.74 Å². The van der Waals surface area contributed by atoms with E-state index >= 15 is 0 Å². The molecule has 0 N–H and O–H groups in total. The zero-order chi connectivity index (χ0) is 12.9. The maximum Gasteiger partial charge on any atom is 0.151 e. The van der Waals surface area contributed by atoms with Crippen LogP contribution in [0.1, 0.15) is 16.8 Å². The molecular formula is C11H13BrO4S. The number of halogens is 1. The Balaban J connectivity index is 2.50. The van der Waals surface area contributed by atoms with Gasteiger partial charge >= 0.3 is 0 Å². The minimum Gasteiger partial charge on any atom is -0.494 e. The van der Waals surface area contributed by atoms with Crippen molar-refractivity contribution in [2.45, 2.75) is 6.42 Å². The highest BCUT2D eigenvalue weighted by Crippen LogP contribution is 2.21. The summed E-state index contributed by atoms with van der Waals surface area (Å²) in [5.74, 6) is 0.660. The van der Waals surface area contributed by atoms with Crippen molar-refractivity contribution < 1.29 is 17.9 Å². The highest BCUT2D eigenvalue weighted by Gasteiger charge is 2.04. The molecule has 0 aliphatic rings. The van der Waals surface area contributed by atoms with Crippen molar-refractivity contribution in [2.75, 3.05) is 18.6 Å².